The first-order chi connectivity index (χ1) is 9.94. The van der Waals surface area contributed by atoms with Gasteiger partial charge in [0.1, 0.15) is 10.6 Å². The quantitative estimate of drug-likeness (QED) is 0.838. The third-order valence-corrected chi connectivity index (χ3v) is 4.25. The average molecular weight is 343 g/mol. The first kappa shape index (κ1) is 16.4. The number of benzene rings is 1. The maximum atomic E-state index is 12.7. The normalized spacial score (nSPS) is 13.4. The smallest absolute Gasteiger partial charge is 0.350 e. The predicted molar refractivity (Wildman–Crippen MR) is 64.5 cm³/mol. The molecule has 1 aromatic heterocycles. The van der Waals surface area contributed by atoms with Gasteiger partial charge in [0.15, 0.2) is 0 Å². The fourth-order valence-electron chi connectivity index (χ4n) is 1.74. The zero-order valence-electron chi connectivity index (χ0n) is 10.5. The molecule has 0 aliphatic rings. The molecular weight excluding hydrogens is 336 g/mol. The zero-order chi connectivity index (χ0) is 16.8. The van der Waals surface area contributed by atoms with Crippen LogP contribution in [0.15, 0.2) is 41.3 Å². The van der Waals surface area contributed by atoms with Crippen molar-refractivity contribution >= 4 is 9.84 Å². The third kappa shape index (κ3) is 2.82. The van der Waals surface area contributed by atoms with Gasteiger partial charge >= 0.3 is 11.7 Å². The Morgan fingerprint density at radius 1 is 0.909 bits per heavy atom. The molecule has 2 aromatic rings. The number of sulfone groups is 1. The molecule has 0 fully saturated rings. The topological polar surface area (TPSA) is 49.9 Å². The van der Waals surface area contributed by atoms with Crippen LogP contribution in [0, 0.1) is 0 Å². The molecule has 0 bridgehead atoms. The van der Waals surface area contributed by atoms with Crippen LogP contribution >= 0.6 is 0 Å². The highest BCUT2D eigenvalue weighted by molar-refractivity contribution is 7.92. The molecule has 22 heavy (non-hydrogen) atoms. The second kappa shape index (κ2) is 5.04. The lowest BCUT2D eigenvalue weighted by molar-refractivity contribution is -0.140. The first-order valence-corrected chi connectivity index (χ1v) is 7.10. The second-order valence-corrected chi connectivity index (χ2v) is 6.14. The Bertz CT molecular complexity index is 774. The van der Waals surface area contributed by atoms with E-state index in [0.29, 0.717) is 0 Å². The van der Waals surface area contributed by atoms with E-state index in [1.54, 1.807) is 4.98 Å². The van der Waals surface area contributed by atoms with E-state index in [1.165, 1.54) is 30.3 Å². The number of rotatable bonds is 2. The molecule has 10 heteroatoms. The molecule has 0 atom stereocenters. The summed E-state index contributed by atoms with van der Waals surface area (Å²) >= 11 is 0. The molecule has 3 nitrogen and oxygen atoms in total. The molecule has 0 amide bonds. The molecular formula is C12H7F6NO2S. The van der Waals surface area contributed by atoms with Crippen LogP contribution in [-0.2, 0) is 16.0 Å². The predicted octanol–water partition coefficient (Wildman–Crippen LogP) is 3.99. The minimum Gasteiger partial charge on any atom is -0.350 e. The Labute approximate surface area is 120 Å². The number of hydrogen-bond acceptors (Lipinski definition) is 2. The average Bonchev–Trinajstić information content (AvgIpc) is 2.83. The number of aromatic nitrogens is 1. The SMILES string of the molecule is O=S(=O)(c1cc(C(F)(F)F)[nH]c1-c1ccccc1)C(F)(F)F. The van der Waals surface area contributed by atoms with Crippen molar-refractivity contribution in [1.82, 2.24) is 4.98 Å². The highest BCUT2D eigenvalue weighted by atomic mass is 32.2. The van der Waals surface area contributed by atoms with E-state index in [-0.39, 0.29) is 11.6 Å². The molecule has 1 heterocycles. The van der Waals surface area contributed by atoms with E-state index < -0.39 is 37.8 Å². The standard InChI is InChI=1S/C12H7F6NO2S/c13-11(14,15)9-6-8(22(20,21)12(16,17)18)10(19-9)7-4-2-1-3-5-7/h1-6,19H. The van der Waals surface area contributed by atoms with E-state index in [0.717, 1.165) is 0 Å². The number of H-pyrrole nitrogens is 1. The Kier molecular flexibility index (Phi) is 3.76. The second-order valence-electron chi connectivity index (χ2n) is 4.24. The lowest BCUT2D eigenvalue weighted by Gasteiger charge is -2.08. The summed E-state index contributed by atoms with van der Waals surface area (Å²) in [7, 11) is -5.93. The van der Waals surface area contributed by atoms with Gasteiger partial charge in [-0.3, -0.25) is 0 Å². The molecule has 0 spiro atoms. The molecule has 0 saturated carbocycles. The number of halogens is 6. The van der Waals surface area contributed by atoms with Gasteiger partial charge in [-0.2, -0.15) is 26.3 Å². The van der Waals surface area contributed by atoms with Gasteiger partial charge in [0.05, 0.1) is 5.69 Å². The Morgan fingerprint density at radius 2 is 1.45 bits per heavy atom. The summed E-state index contributed by atoms with van der Waals surface area (Å²) < 4.78 is 98.9. The lowest BCUT2D eigenvalue weighted by Crippen LogP contribution is -2.23. The Balaban J connectivity index is 2.76. The summed E-state index contributed by atoms with van der Waals surface area (Å²) in [5.41, 5.74) is -8.15. The van der Waals surface area contributed by atoms with Crippen LogP contribution in [0.1, 0.15) is 5.69 Å². The van der Waals surface area contributed by atoms with Crippen molar-refractivity contribution in [2.75, 3.05) is 0 Å². The van der Waals surface area contributed by atoms with Crippen molar-refractivity contribution in [1.29, 1.82) is 0 Å². The van der Waals surface area contributed by atoms with Gasteiger partial charge in [0, 0.05) is 0 Å². The maximum Gasteiger partial charge on any atom is 0.501 e. The molecule has 1 aromatic carbocycles. The largest absolute Gasteiger partial charge is 0.501 e. The van der Waals surface area contributed by atoms with E-state index in [4.69, 9.17) is 0 Å². The Morgan fingerprint density at radius 3 is 1.91 bits per heavy atom. The lowest BCUT2D eigenvalue weighted by atomic mass is 10.2. The van der Waals surface area contributed by atoms with Crippen molar-refractivity contribution in [3.63, 3.8) is 0 Å². The monoisotopic (exact) mass is 343 g/mol. The van der Waals surface area contributed by atoms with Crippen molar-refractivity contribution < 1.29 is 34.8 Å². The van der Waals surface area contributed by atoms with Gasteiger partial charge < -0.3 is 4.98 Å². The molecule has 0 unspecified atom stereocenters. The van der Waals surface area contributed by atoms with Crippen LogP contribution in [0.5, 0.6) is 0 Å². The fourth-order valence-corrected chi connectivity index (χ4v) is 2.70. The summed E-state index contributed by atoms with van der Waals surface area (Å²) in [6.07, 6.45) is -5.01. The molecule has 1 N–H and O–H groups in total. The van der Waals surface area contributed by atoms with Crippen molar-refractivity contribution in [2.45, 2.75) is 16.6 Å². The van der Waals surface area contributed by atoms with Crippen LogP contribution < -0.4 is 0 Å². The van der Waals surface area contributed by atoms with Crippen LogP contribution in [-0.4, -0.2) is 18.9 Å². The highest BCUT2D eigenvalue weighted by Crippen LogP contribution is 2.40. The third-order valence-electron chi connectivity index (χ3n) is 2.74. The van der Waals surface area contributed by atoms with Crippen LogP contribution in [0.25, 0.3) is 11.3 Å². The number of alkyl halides is 6. The van der Waals surface area contributed by atoms with Crippen LogP contribution in [0.2, 0.25) is 0 Å². The summed E-state index contributed by atoms with van der Waals surface area (Å²) in [5, 5.41) is 0. The molecule has 0 saturated heterocycles. The van der Waals surface area contributed by atoms with E-state index in [9.17, 15) is 34.8 Å². The molecule has 2 rings (SSSR count). The van der Waals surface area contributed by atoms with E-state index in [1.807, 2.05) is 0 Å². The van der Waals surface area contributed by atoms with Gasteiger partial charge in [-0.05, 0) is 11.6 Å². The van der Waals surface area contributed by atoms with Gasteiger partial charge in [-0.15, -0.1) is 0 Å². The first-order valence-electron chi connectivity index (χ1n) is 5.61. The van der Waals surface area contributed by atoms with Crippen LogP contribution in [0.4, 0.5) is 26.3 Å². The van der Waals surface area contributed by atoms with E-state index >= 15 is 0 Å². The summed E-state index contributed by atoms with van der Waals surface area (Å²) in [4.78, 5) is 0.252. The molecule has 0 aliphatic heterocycles. The van der Waals surface area contributed by atoms with Gasteiger partial charge in [0.2, 0.25) is 0 Å². The maximum absolute atomic E-state index is 12.7. The molecule has 0 radical (unpaired) electrons. The van der Waals surface area contributed by atoms with Gasteiger partial charge in [0.25, 0.3) is 9.84 Å². The summed E-state index contributed by atoms with van der Waals surface area (Å²) in [5.74, 6) is 0. The summed E-state index contributed by atoms with van der Waals surface area (Å²) in [6.45, 7) is 0. The van der Waals surface area contributed by atoms with E-state index in [2.05, 4.69) is 0 Å². The number of aromatic amines is 1. The minimum absolute atomic E-state index is 0.0504. The minimum atomic E-state index is -5.93. The van der Waals surface area contributed by atoms with Crippen LogP contribution in [0.3, 0.4) is 0 Å². The number of hydrogen-bond donors (Lipinski definition) is 1. The van der Waals surface area contributed by atoms with Gasteiger partial charge in [-0.1, -0.05) is 30.3 Å². The molecule has 0 aliphatic carbocycles. The molecule has 120 valence electrons. The zero-order valence-corrected chi connectivity index (χ0v) is 11.3. The fraction of sp³-hybridized carbons (Fsp3) is 0.167. The van der Waals surface area contributed by atoms with Gasteiger partial charge in [-0.25, -0.2) is 8.42 Å². The van der Waals surface area contributed by atoms with Crippen molar-refractivity contribution in [2.24, 2.45) is 0 Å². The Hall–Kier alpha value is -1.97. The summed E-state index contributed by atoms with van der Waals surface area (Å²) in [6, 6.07) is 6.53. The highest BCUT2D eigenvalue weighted by Gasteiger charge is 2.49. The van der Waals surface area contributed by atoms with Crippen molar-refractivity contribution in [3.05, 3.63) is 42.1 Å². The van der Waals surface area contributed by atoms with Crippen molar-refractivity contribution in [3.8, 4) is 11.3 Å². The number of nitrogens with one attached hydrogen (secondary N) is 1.